The predicted octanol–water partition coefficient (Wildman–Crippen LogP) is 1.89. The van der Waals surface area contributed by atoms with Gasteiger partial charge in [-0.25, -0.2) is 17.9 Å². The first-order chi connectivity index (χ1) is 13.3. The van der Waals surface area contributed by atoms with Gasteiger partial charge in [0.05, 0.1) is 10.5 Å². The Hall–Kier alpha value is -2.71. The Balaban J connectivity index is 1.86. The Morgan fingerprint density at radius 3 is 2.29 bits per heavy atom. The van der Waals surface area contributed by atoms with E-state index in [-0.39, 0.29) is 17.0 Å². The highest BCUT2D eigenvalue weighted by Gasteiger charge is 2.19. The molecular weight excluding hydrogens is 380 g/mol. The molecule has 0 bridgehead atoms. The zero-order chi connectivity index (χ0) is 20.6. The maximum Gasteiger partial charge on any atom is 0.338 e. The molecule has 0 spiro atoms. The van der Waals surface area contributed by atoms with Crippen molar-refractivity contribution < 1.29 is 22.7 Å². The lowest BCUT2D eigenvalue weighted by atomic mass is 10.1. The molecule has 2 aromatic rings. The number of ether oxygens (including phenoxy) is 1. The molecule has 0 unspecified atom stereocenters. The fourth-order valence-electron chi connectivity index (χ4n) is 2.44. The number of sulfonamides is 1. The van der Waals surface area contributed by atoms with Gasteiger partial charge in [0.2, 0.25) is 10.0 Å². The second kappa shape index (κ2) is 10.0. The number of benzene rings is 2. The minimum atomic E-state index is -3.59. The van der Waals surface area contributed by atoms with Crippen molar-refractivity contribution in [2.45, 2.75) is 31.3 Å². The molecule has 7 nitrogen and oxygen atoms in total. The third-order valence-electron chi connectivity index (χ3n) is 3.94. The van der Waals surface area contributed by atoms with Crippen LogP contribution in [0.25, 0.3) is 0 Å². The van der Waals surface area contributed by atoms with Crippen LogP contribution in [0.2, 0.25) is 0 Å². The van der Waals surface area contributed by atoms with Crippen LogP contribution in [0.15, 0.2) is 59.5 Å². The zero-order valence-electron chi connectivity index (χ0n) is 15.8. The van der Waals surface area contributed by atoms with Crippen LogP contribution in [0, 0.1) is 0 Å². The summed E-state index contributed by atoms with van der Waals surface area (Å²) in [5, 5.41) is 2.73. The normalized spacial score (nSPS) is 12.2. The molecule has 0 heterocycles. The van der Waals surface area contributed by atoms with Crippen molar-refractivity contribution in [1.29, 1.82) is 0 Å². The first-order valence-corrected chi connectivity index (χ1v) is 10.4. The molecule has 0 fully saturated rings. The summed E-state index contributed by atoms with van der Waals surface area (Å²) in [6.45, 7) is 3.86. The second-order valence-corrected chi connectivity index (χ2v) is 7.87. The minimum absolute atomic E-state index is 0.0533. The summed E-state index contributed by atoms with van der Waals surface area (Å²) in [6, 6.07) is 15.1. The van der Waals surface area contributed by atoms with Crippen LogP contribution in [0.3, 0.4) is 0 Å². The maximum atomic E-state index is 12.2. The van der Waals surface area contributed by atoms with Gasteiger partial charge >= 0.3 is 5.97 Å². The highest BCUT2D eigenvalue weighted by Crippen LogP contribution is 2.12. The van der Waals surface area contributed by atoms with Gasteiger partial charge in [-0.15, -0.1) is 0 Å². The van der Waals surface area contributed by atoms with Gasteiger partial charge in [0.1, 0.15) is 0 Å². The van der Waals surface area contributed by atoms with Gasteiger partial charge in [-0.1, -0.05) is 37.3 Å². The lowest BCUT2D eigenvalue weighted by Crippen LogP contribution is -2.36. The number of amides is 1. The number of nitrogens with one attached hydrogen (secondary N) is 2. The second-order valence-electron chi connectivity index (χ2n) is 6.10. The summed E-state index contributed by atoms with van der Waals surface area (Å²) in [5.74, 6) is -1.09. The summed E-state index contributed by atoms with van der Waals surface area (Å²) in [6.07, 6.45) is -0.289. The Labute approximate surface area is 165 Å². The summed E-state index contributed by atoms with van der Waals surface area (Å²) >= 11 is 0. The summed E-state index contributed by atoms with van der Waals surface area (Å²) < 4.78 is 31.3. The number of hydrogen-bond donors (Lipinski definition) is 2. The summed E-state index contributed by atoms with van der Waals surface area (Å²) in [5.41, 5.74) is 1.26. The van der Waals surface area contributed by atoms with Gasteiger partial charge in [-0.2, -0.15) is 0 Å². The molecule has 0 aliphatic heterocycles. The van der Waals surface area contributed by atoms with Crippen LogP contribution in [0.4, 0.5) is 0 Å². The van der Waals surface area contributed by atoms with Crippen molar-refractivity contribution in [3.8, 4) is 0 Å². The van der Waals surface area contributed by atoms with Gasteiger partial charge in [-0.05, 0) is 43.2 Å². The maximum absolute atomic E-state index is 12.2. The van der Waals surface area contributed by atoms with Crippen molar-refractivity contribution in [2.24, 2.45) is 0 Å². The highest BCUT2D eigenvalue weighted by molar-refractivity contribution is 7.89. The Morgan fingerprint density at radius 2 is 1.68 bits per heavy atom. The van der Waals surface area contributed by atoms with E-state index in [1.807, 2.05) is 30.3 Å². The van der Waals surface area contributed by atoms with E-state index in [1.54, 1.807) is 6.92 Å². The van der Waals surface area contributed by atoms with Crippen LogP contribution >= 0.6 is 0 Å². The molecule has 0 saturated carbocycles. The van der Waals surface area contributed by atoms with Gasteiger partial charge in [0.25, 0.3) is 5.91 Å². The van der Waals surface area contributed by atoms with Crippen LogP contribution in [-0.2, 0) is 26.0 Å². The van der Waals surface area contributed by atoms with E-state index in [1.165, 1.54) is 31.2 Å². The molecule has 1 amide bonds. The molecule has 28 heavy (non-hydrogen) atoms. The van der Waals surface area contributed by atoms with E-state index < -0.39 is 28.0 Å². The van der Waals surface area contributed by atoms with E-state index >= 15 is 0 Å². The molecule has 1 atom stereocenters. The number of hydrogen-bond acceptors (Lipinski definition) is 5. The van der Waals surface area contributed by atoms with E-state index in [2.05, 4.69) is 10.0 Å². The predicted molar refractivity (Wildman–Crippen MR) is 105 cm³/mol. The lowest BCUT2D eigenvalue weighted by Gasteiger charge is -2.14. The standard InChI is InChI=1S/C20H24N2O5S/c1-3-22-28(25,26)18-11-9-17(10-12-18)20(24)27-15(2)19(23)21-14-13-16-7-5-4-6-8-16/h4-12,15,22H,3,13-14H2,1-2H3,(H,21,23)/t15-/m0/s1. The topological polar surface area (TPSA) is 102 Å². The SMILES string of the molecule is CCNS(=O)(=O)c1ccc(C(=O)O[C@@H](C)C(=O)NCCc2ccccc2)cc1. The number of esters is 1. The van der Waals surface area contributed by atoms with Gasteiger partial charge in [-0.3, -0.25) is 4.79 Å². The molecule has 150 valence electrons. The third-order valence-corrected chi connectivity index (χ3v) is 5.50. The lowest BCUT2D eigenvalue weighted by molar-refractivity contribution is -0.129. The first kappa shape index (κ1) is 21.6. The van der Waals surface area contributed by atoms with Crippen molar-refractivity contribution in [3.05, 3.63) is 65.7 Å². The Kier molecular flexibility index (Phi) is 7.71. The molecule has 0 aliphatic rings. The Morgan fingerprint density at radius 1 is 1.04 bits per heavy atom. The number of carbonyl (C=O) groups excluding carboxylic acids is 2. The van der Waals surface area contributed by atoms with Crippen LogP contribution in [0.1, 0.15) is 29.8 Å². The number of rotatable bonds is 9. The largest absolute Gasteiger partial charge is 0.449 e. The summed E-state index contributed by atoms with van der Waals surface area (Å²) in [4.78, 5) is 24.3. The monoisotopic (exact) mass is 404 g/mol. The average Bonchev–Trinajstić information content (AvgIpc) is 2.68. The molecule has 2 N–H and O–H groups in total. The zero-order valence-corrected chi connectivity index (χ0v) is 16.7. The van der Waals surface area contributed by atoms with Gasteiger partial charge in [0, 0.05) is 13.1 Å². The Bertz CT molecular complexity index is 896. The van der Waals surface area contributed by atoms with Crippen LogP contribution in [0.5, 0.6) is 0 Å². The summed E-state index contributed by atoms with van der Waals surface area (Å²) in [7, 11) is -3.59. The van der Waals surface area contributed by atoms with Crippen LogP contribution in [-0.4, -0.2) is 39.5 Å². The molecule has 0 aromatic heterocycles. The number of carbonyl (C=O) groups is 2. The average molecular weight is 404 g/mol. The molecule has 0 aliphatic carbocycles. The smallest absolute Gasteiger partial charge is 0.338 e. The van der Waals surface area contributed by atoms with E-state index in [0.29, 0.717) is 13.0 Å². The van der Waals surface area contributed by atoms with E-state index in [4.69, 9.17) is 4.74 Å². The highest BCUT2D eigenvalue weighted by atomic mass is 32.2. The molecule has 0 saturated heterocycles. The first-order valence-electron chi connectivity index (χ1n) is 8.96. The van der Waals surface area contributed by atoms with Crippen molar-refractivity contribution in [1.82, 2.24) is 10.0 Å². The van der Waals surface area contributed by atoms with Crippen molar-refractivity contribution >= 4 is 21.9 Å². The fourth-order valence-corrected chi connectivity index (χ4v) is 3.49. The third kappa shape index (κ3) is 6.17. The molecule has 2 aromatic carbocycles. The molecule has 0 radical (unpaired) electrons. The quantitative estimate of drug-likeness (QED) is 0.622. The molecular formula is C20H24N2O5S. The molecule has 2 rings (SSSR count). The van der Waals surface area contributed by atoms with Crippen LogP contribution < -0.4 is 10.0 Å². The van der Waals surface area contributed by atoms with Crippen molar-refractivity contribution in [2.75, 3.05) is 13.1 Å². The van der Waals surface area contributed by atoms with Gasteiger partial charge < -0.3 is 10.1 Å². The molecule has 8 heteroatoms. The van der Waals surface area contributed by atoms with E-state index in [0.717, 1.165) is 5.56 Å². The van der Waals surface area contributed by atoms with E-state index in [9.17, 15) is 18.0 Å². The minimum Gasteiger partial charge on any atom is -0.449 e. The van der Waals surface area contributed by atoms with Gasteiger partial charge in [0.15, 0.2) is 6.10 Å². The fraction of sp³-hybridized carbons (Fsp3) is 0.300. The van der Waals surface area contributed by atoms with Crippen molar-refractivity contribution in [3.63, 3.8) is 0 Å².